The summed E-state index contributed by atoms with van der Waals surface area (Å²) in [5.74, 6) is 1.57. The minimum absolute atomic E-state index is 0.293. The van der Waals surface area contributed by atoms with Crippen molar-refractivity contribution in [2.24, 2.45) is 10.9 Å². The lowest BCUT2D eigenvalue weighted by atomic mass is 9.86. The van der Waals surface area contributed by atoms with Crippen LogP contribution in [-0.2, 0) is 0 Å². The molecule has 0 radical (unpaired) electrons. The maximum atomic E-state index is 6.14. The normalized spacial score (nSPS) is 21.6. The van der Waals surface area contributed by atoms with Gasteiger partial charge in [0.25, 0.3) is 0 Å². The van der Waals surface area contributed by atoms with E-state index in [1.54, 1.807) is 0 Å². The van der Waals surface area contributed by atoms with Crippen molar-refractivity contribution in [3.63, 3.8) is 0 Å². The summed E-state index contributed by atoms with van der Waals surface area (Å²) in [6.07, 6.45) is 8.21. The summed E-state index contributed by atoms with van der Waals surface area (Å²) >= 11 is 3.58. The van der Waals surface area contributed by atoms with Gasteiger partial charge in [-0.15, -0.1) is 0 Å². The molecule has 1 aliphatic rings. The first-order valence-corrected chi connectivity index (χ1v) is 9.41. The third-order valence-electron chi connectivity index (χ3n) is 4.65. The maximum Gasteiger partial charge on any atom is 0.228 e. The third-order valence-corrected chi connectivity index (χ3v) is 5.22. The maximum absolute atomic E-state index is 6.14. The van der Waals surface area contributed by atoms with E-state index in [0.717, 1.165) is 41.2 Å². The molecule has 1 heterocycles. The van der Waals surface area contributed by atoms with Crippen LogP contribution in [0.4, 0.5) is 5.69 Å². The molecule has 2 rings (SSSR count). The van der Waals surface area contributed by atoms with Crippen molar-refractivity contribution in [3.8, 4) is 5.88 Å². The molecule has 0 amide bonds. The van der Waals surface area contributed by atoms with Gasteiger partial charge in [0.15, 0.2) is 0 Å². The summed E-state index contributed by atoms with van der Waals surface area (Å²) in [4.78, 5) is 11.1. The molecule has 0 atom stereocenters. The van der Waals surface area contributed by atoms with Crippen LogP contribution in [0.25, 0.3) is 0 Å². The molecule has 0 N–H and O–H groups in total. The van der Waals surface area contributed by atoms with Crippen molar-refractivity contribution in [2.45, 2.75) is 59.0 Å². The first-order chi connectivity index (χ1) is 11.0. The molecule has 1 aromatic heterocycles. The fourth-order valence-corrected chi connectivity index (χ4v) is 3.22. The minimum Gasteiger partial charge on any atom is -0.474 e. The van der Waals surface area contributed by atoms with Crippen LogP contribution in [0.5, 0.6) is 5.88 Å². The first kappa shape index (κ1) is 18.2. The van der Waals surface area contributed by atoms with Gasteiger partial charge in [-0.1, -0.05) is 13.3 Å². The molecule has 0 saturated heterocycles. The van der Waals surface area contributed by atoms with Crippen LogP contribution in [0.1, 0.15) is 51.6 Å². The van der Waals surface area contributed by atoms with Crippen LogP contribution in [0.15, 0.2) is 15.5 Å². The summed E-state index contributed by atoms with van der Waals surface area (Å²) in [6, 6.07) is 2.00. The Hall–Kier alpha value is -1.10. The highest BCUT2D eigenvalue weighted by molar-refractivity contribution is 9.10. The molecule has 1 saturated carbocycles. The molecule has 1 aromatic rings. The van der Waals surface area contributed by atoms with Gasteiger partial charge < -0.3 is 9.64 Å². The van der Waals surface area contributed by atoms with Crippen LogP contribution in [0.2, 0.25) is 0 Å². The van der Waals surface area contributed by atoms with Gasteiger partial charge in [-0.25, -0.2) is 9.98 Å². The Labute approximate surface area is 148 Å². The minimum atomic E-state index is 0.293. The Balaban J connectivity index is 2.04. The Morgan fingerprint density at radius 2 is 2.04 bits per heavy atom. The molecule has 23 heavy (non-hydrogen) atoms. The molecule has 1 aliphatic carbocycles. The number of aliphatic imine (C=N–C) groups is 1. The summed E-state index contributed by atoms with van der Waals surface area (Å²) in [5, 5.41) is 0. The molecule has 0 aromatic carbocycles. The average Bonchev–Trinajstić information content (AvgIpc) is 2.57. The van der Waals surface area contributed by atoms with Gasteiger partial charge in [0.2, 0.25) is 5.88 Å². The SMILES string of the molecule is CCC1CCC(Oc2nc(C)c(/N=C/N(C)CC)cc2Br)CC1. The van der Waals surface area contributed by atoms with Gasteiger partial charge in [-0.05, 0) is 67.4 Å². The number of rotatable bonds is 6. The van der Waals surface area contributed by atoms with Crippen molar-refractivity contribution in [3.05, 3.63) is 16.2 Å². The second kappa shape index (κ2) is 8.67. The van der Waals surface area contributed by atoms with Crippen LogP contribution in [-0.4, -0.2) is 35.9 Å². The molecule has 128 valence electrons. The number of aryl methyl sites for hydroxylation is 1. The molecular formula is C18H28BrN3O. The monoisotopic (exact) mass is 381 g/mol. The summed E-state index contributed by atoms with van der Waals surface area (Å²) in [5.41, 5.74) is 1.77. The quantitative estimate of drug-likeness (QED) is 0.507. The second-order valence-corrected chi connectivity index (χ2v) is 7.22. The largest absolute Gasteiger partial charge is 0.474 e. The first-order valence-electron chi connectivity index (χ1n) is 8.61. The number of hydrogen-bond donors (Lipinski definition) is 0. The lowest BCUT2D eigenvalue weighted by molar-refractivity contribution is 0.124. The van der Waals surface area contributed by atoms with Gasteiger partial charge in [-0.2, -0.15) is 0 Å². The molecule has 0 spiro atoms. The van der Waals surface area contributed by atoms with E-state index < -0.39 is 0 Å². The molecular weight excluding hydrogens is 354 g/mol. The van der Waals surface area contributed by atoms with Crippen molar-refractivity contribution < 1.29 is 4.74 Å². The number of aromatic nitrogens is 1. The van der Waals surface area contributed by atoms with E-state index in [2.05, 4.69) is 39.8 Å². The average molecular weight is 382 g/mol. The molecule has 4 nitrogen and oxygen atoms in total. The van der Waals surface area contributed by atoms with Crippen molar-refractivity contribution in [1.29, 1.82) is 0 Å². The van der Waals surface area contributed by atoms with Crippen molar-refractivity contribution >= 4 is 28.0 Å². The van der Waals surface area contributed by atoms with Crippen LogP contribution in [0, 0.1) is 12.8 Å². The zero-order valence-electron chi connectivity index (χ0n) is 14.7. The number of hydrogen-bond acceptors (Lipinski definition) is 3. The van der Waals surface area contributed by atoms with E-state index in [4.69, 9.17) is 4.74 Å². The van der Waals surface area contributed by atoms with Gasteiger partial charge in [0, 0.05) is 13.6 Å². The summed E-state index contributed by atoms with van der Waals surface area (Å²) in [7, 11) is 2.01. The Kier molecular flexibility index (Phi) is 6.88. The van der Waals surface area contributed by atoms with E-state index in [1.807, 2.05) is 31.3 Å². The number of halogens is 1. The zero-order valence-corrected chi connectivity index (χ0v) is 16.3. The number of nitrogens with zero attached hydrogens (tertiary/aromatic N) is 3. The Morgan fingerprint density at radius 1 is 1.35 bits per heavy atom. The van der Waals surface area contributed by atoms with E-state index >= 15 is 0 Å². The van der Waals surface area contributed by atoms with Crippen molar-refractivity contribution in [1.82, 2.24) is 9.88 Å². The van der Waals surface area contributed by atoms with Crippen LogP contribution < -0.4 is 4.74 Å². The second-order valence-electron chi connectivity index (χ2n) is 6.37. The van der Waals surface area contributed by atoms with Gasteiger partial charge in [-0.3, -0.25) is 0 Å². The molecule has 5 heteroatoms. The lowest BCUT2D eigenvalue weighted by Crippen LogP contribution is -2.24. The smallest absolute Gasteiger partial charge is 0.228 e. The Bertz CT molecular complexity index is 539. The van der Waals surface area contributed by atoms with Crippen LogP contribution >= 0.6 is 15.9 Å². The Morgan fingerprint density at radius 3 is 2.65 bits per heavy atom. The van der Waals surface area contributed by atoms with E-state index in [1.165, 1.54) is 19.3 Å². The molecule has 0 unspecified atom stereocenters. The van der Waals surface area contributed by atoms with Crippen LogP contribution in [0.3, 0.4) is 0 Å². The zero-order chi connectivity index (χ0) is 16.8. The molecule has 0 aliphatic heterocycles. The predicted molar refractivity (Wildman–Crippen MR) is 99.8 cm³/mol. The van der Waals surface area contributed by atoms with Gasteiger partial charge in [0.05, 0.1) is 22.2 Å². The van der Waals surface area contributed by atoms with E-state index in [0.29, 0.717) is 12.0 Å². The number of ether oxygens (including phenoxy) is 1. The standard InChI is InChI=1S/C18H28BrN3O/c1-5-14-7-9-15(10-8-14)23-18-16(19)11-17(13(3)21-18)20-12-22(4)6-2/h11-12,14-15H,5-10H2,1-4H3/b20-12+. The van der Waals surface area contributed by atoms with E-state index in [9.17, 15) is 0 Å². The highest BCUT2D eigenvalue weighted by Gasteiger charge is 2.22. The summed E-state index contributed by atoms with van der Waals surface area (Å²) in [6.45, 7) is 7.28. The van der Waals surface area contributed by atoms with E-state index in [-0.39, 0.29) is 0 Å². The number of pyridine rings is 1. The predicted octanol–water partition coefficient (Wildman–Crippen LogP) is 5.11. The highest BCUT2D eigenvalue weighted by atomic mass is 79.9. The fraction of sp³-hybridized carbons (Fsp3) is 0.667. The highest BCUT2D eigenvalue weighted by Crippen LogP contribution is 2.33. The van der Waals surface area contributed by atoms with Gasteiger partial charge in [0.1, 0.15) is 6.10 Å². The third kappa shape index (κ3) is 5.20. The molecule has 0 bridgehead atoms. The lowest BCUT2D eigenvalue weighted by Gasteiger charge is -2.28. The van der Waals surface area contributed by atoms with Gasteiger partial charge >= 0.3 is 0 Å². The van der Waals surface area contributed by atoms with Crippen molar-refractivity contribution in [2.75, 3.05) is 13.6 Å². The summed E-state index contributed by atoms with van der Waals surface area (Å²) < 4.78 is 7.02. The fourth-order valence-electron chi connectivity index (χ4n) is 2.82. The topological polar surface area (TPSA) is 37.7 Å². The molecule has 1 fully saturated rings.